The van der Waals surface area contributed by atoms with Crippen LogP contribution < -0.4 is 10.5 Å². The molecule has 0 saturated carbocycles. The van der Waals surface area contributed by atoms with E-state index < -0.39 is 0 Å². The number of rotatable bonds is 3. The number of halogens is 1. The van der Waals surface area contributed by atoms with Crippen LogP contribution in [-0.4, -0.2) is 17.1 Å². The molecule has 0 fully saturated rings. The lowest BCUT2D eigenvalue weighted by atomic mass is 10.1. The summed E-state index contributed by atoms with van der Waals surface area (Å²) >= 11 is 11.2. The van der Waals surface area contributed by atoms with Gasteiger partial charge in [-0.15, -0.1) is 0 Å². The molecule has 0 unspecified atom stereocenters. The summed E-state index contributed by atoms with van der Waals surface area (Å²) in [5.41, 5.74) is 10.00. The van der Waals surface area contributed by atoms with Crippen LogP contribution in [0.5, 0.6) is 5.75 Å². The minimum absolute atomic E-state index is 0.370. The fourth-order valence-electron chi connectivity index (χ4n) is 2.30. The molecular weight excluding hydrogens is 330 g/mol. The van der Waals surface area contributed by atoms with Crippen molar-refractivity contribution in [2.75, 3.05) is 12.8 Å². The van der Waals surface area contributed by atoms with Crippen LogP contribution in [0.1, 0.15) is 0 Å². The van der Waals surface area contributed by atoms with E-state index in [0.717, 1.165) is 22.6 Å². The topological polar surface area (TPSA) is 63.9 Å². The first kappa shape index (κ1) is 15.5. The number of methoxy groups -OCH3 is 1. The number of ether oxygens (including phenoxy) is 1. The molecule has 0 aliphatic carbocycles. The maximum Gasteiger partial charge on any atom is 0.197 e. The van der Waals surface area contributed by atoms with E-state index in [1.54, 1.807) is 19.2 Å². The van der Waals surface area contributed by atoms with Crippen LogP contribution in [-0.2, 0) is 0 Å². The van der Waals surface area contributed by atoms with Crippen molar-refractivity contribution in [3.63, 3.8) is 0 Å². The fourth-order valence-corrected chi connectivity index (χ4v) is 2.61. The van der Waals surface area contributed by atoms with Crippen LogP contribution in [0.3, 0.4) is 0 Å². The fraction of sp³-hybridized carbons (Fsp3) is 0.0588. The van der Waals surface area contributed by atoms with Gasteiger partial charge < -0.3 is 15.5 Å². The molecule has 0 aliphatic heterocycles. The van der Waals surface area contributed by atoms with Gasteiger partial charge >= 0.3 is 0 Å². The van der Waals surface area contributed by atoms with Crippen molar-refractivity contribution in [2.45, 2.75) is 0 Å². The minimum atomic E-state index is 0.370. The molecule has 0 spiro atoms. The van der Waals surface area contributed by atoms with Gasteiger partial charge in [-0.05, 0) is 48.6 Å². The number of nitrogens with one attached hydrogen (secondary N) is 1. The molecule has 1 aromatic heterocycles. The normalized spacial score (nSPS) is 10.5. The Labute approximate surface area is 143 Å². The van der Waals surface area contributed by atoms with Crippen molar-refractivity contribution < 1.29 is 4.74 Å². The number of H-pyrrole nitrogens is 1. The van der Waals surface area contributed by atoms with Gasteiger partial charge in [-0.2, -0.15) is 0 Å². The molecular formula is C17H14ClN3OS. The Kier molecular flexibility index (Phi) is 4.32. The van der Waals surface area contributed by atoms with Crippen LogP contribution in [0.15, 0.2) is 48.5 Å². The first-order chi connectivity index (χ1) is 11.1. The van der Waals surface area contributed by atoms with Crippen LogP contribution in [0.2, 0.25) is 5.02 Å². The van der Waals surface area contributed by atoms with Gasteiger partial charge in [0.25, 0.3) is 0 Å². The molecule has 4 nitrogen and oxygen atoms in total. The predicted molar refractivity (Wildman–Crippen MR) is 96.3 cm³/mol. The molecule has 3 N–H and O–H groups in total. The van der Waals surface area contributed by atoms with Gasteiger partial charge in [0.2, 0.25) is 0 Å². The molecule has 116 valence electrons. The van der Waals surface area contributed by atoms with Crippen LogP contribution >= 0.6 is 23.8 Å². The zero-order valence-electron chi connectivity index (χ0n) is 12.3. The van der Waals surface area contributed by atoms with Crippen molar-refractivity contribution >= 4 is 29.5 Å². The van der Waals surface area contributed by atoms with E-state index in [1.165, 1.54) is 0 Å². The number of nitrogens with zero attached hydrogens (tertiary/aromatic N) is 1. The second-order valence-electron chi connectivity index (χ2n) is 4.91. The average Bonchev–Trinajstić information content (AvgIpc) is 2.57. The number of aromatic nitrogens is 2. The molecule has 23 heavy (non-hydrogen) atoms. The highest BCUT2D eigenvalue weighted by Gasteiger charge is 2.12. The molecule has 0 radical (unpaired) electrons. The molecule has 6 heteroatoms. The Morgan fingerprint density at radius 2 is 1.65 bits per heavy atom. The predicted octanol–water partition coefficient (Wildman–Crippen LogP) is 4.72. The molecule has 2 aromatic carbocycles. The molecule has 3 rings (SSSR count). The number of anilines is 1. The average molecular weight is 344 g/mol. The number of nitrogens with two attached hydrogens (primary N) is 1. The van der Waals surface area contributed by atoms with Crippen molar-refractivity contribution in [2.24, 2.45) is 0 Å². The third kappa shape index (κ3) is 3.21. The summed E-state index contributed by atoms with van der Waals surface area (Å²) in [6.45, 7) is 0. The SMILES string of the molecule is COc1ccc(-c2nc(=S)[nH]c(-c3ccc(Cl)cc3)c2N)cc1. The Balaban J connectivity index is 2.15. The van der Waals surface area contributed by atoms with Gasteiger partial charge in [-0.3, -0.25) is 0 Å². The number of nitrogen functional groups attached to an aromatic ring is 1. The van der Waals surface area contributed by atoms with Crippen molar-refractivity contribution in [1.82, 2.24) is 9.97 Å². The molecule has 0 amide bonds. The highest BCUT2D eigenvalue weighted by Crippen LogP contribution is 2.32. The van der Waals surface area contributed by atoms with E-state index in [1.807, 2.05) is 36.4 Å². The summed E-state index contributed by atoms with van der Waals surface area (Å²) in [4.78, 5) is 7.42. The summed E-state index contributed by atoms with van der Waals surface area (Å²) in [5, 5.41) is 0.662. The van der Waals surface area contributed by atoms with Gasteiger partial charge in [0.05, 0.1) is 24.2 Å². The van der Waals surface area contributed by atoms with Crippen molar-refractivity contribution in [1.29, 1.82) is 0 Å². The summed E-state index contributed by atoms with van der Waals surface area (Å²) in [6, 6.07) is 14.9. The molecule has 3 aromatic rings. The molecule has 0 bridgehead atoms. The van der Waals surface area contributed by atoms with Gasteiger partial charge in [0.15, 0.2) is 4.77 Å². The summed E-state index contributed by atoms with van der Waals surface area (Å²) < 4.78 is 5.54. The van der Waals surface area contributed by atoms with E-state index in [2.05, 4.69) is 9.97 Å². The van der Waals surface area contributed by atoms with Gasteiger partial charge in [-0.1, -0.05) is 23.7 Å². The Morgan fingerprint density at radius 1 is 1.04 bits per heavy atom. The molecule has 0 atom stereocenters. The Bertz CT molecular complexity index is 889. The maximum atomic E-state index is 6.32. The van der Waals surface area contributed by atoms with Crippen molar-refractivity contribution in [3.05, 3.63) is 58.3 Å². The summed E-state index contributed by atoms with van der Waals surface area (Å²) in [5.74, 6) is 0.770. The Hall–Kier alpha value is -2.37. The lowest BCUT2D eigenvalue weighted by Gasteiger charge is -2.11. The zero-order chi connectivity index (χ0) is 16.4. The third-order valence-electron chi connectivity index (χ3n) is 3.47. The molecule has 1 heterocycles. The van der Waals surface area contributed by atoms with Crippen LogP contribution in [0.25, 0.3) is 22.5 Å². The van der Waals surface area contributed by atoms with Crippen molar-refractivity contribution in [3.8, 4) is 28.3 Å². The lowest BCUT2D eigenvalue weighted by molar-refractivity contribution is 0.415. The number of aromatic amines is 1. The zero-order valence-corrected chi connectivity index (χ0v) is 13.9. The first-order valence-corrected chi connectivity index (χ1v) is 7.67. The standard InChI is InChI=1S/C17H14ClN3OS/c1-22-13-8-4-11(5-9-13)16-14(19)15(20-17(23)21-16)10-2-6-12(18)7-3-10/h2-9H,19H2,1H3,(H,20,21,23). The van der Waals surface area contributed by atoms with E-state index >= 15 is 0 Å². The highest BCUT2D eigenvalue weighted by atomic mass is 35.5. The number of hydrogen-bond donors (Lipinski definition) is 2. The summed E-state index contributed by atoms with van der Waals surface area (Å²) in [7, 11) is 1.62. The van der Waals surface area contributed by atoms with Gasteiger partial charge in [0, 0.05) is 16.1 Å². The maximum absolute atomic E-state index is 6.32. The van der Waals surface area contributed by atoms with Gasteiger partial charge in [0.1, 0.15) is 5.75 Å². The molecule has 0 saturated heterocycles. The highest BCUT2D eigenvalue weighted by molar-refractivity contribution is 7.71. The smallest absolute Gasteiger partial charge is 0.197 e. The quantitative estimate of drug-likeness (QED) is 0.675. The monoisotopic (exact) mass is 343 g/mol. The minimum Gasteiger partial charge on any atom is -0.497 e. The van der Waals surface area contributed by atoms with E-state index in [4.69, 9.17) is 34.3 Å². The first-order valence-electron chi connectivity index (χ1n) is 6.88. The summed E-state index contributed by atoms with van der Waals surface area (Å²) in [6.07, 6.45) is 0. The molecule has 0 aliphatic rings. The second-order valence-corrected chi connectivity index (χ2v) is 5.74. The lowest BCUT2D eigenvalue weighted by Crippen LogP contribution is -2.00. The van der Waals surface area contributed by atoms with Gasteiger partial charge in [-0.25, -0.2) is 4.98 Å². The Morgan fingerprint density at radius 3 is 2.26 bits per heavy atom. The number of benzene rings is 2. The number of hydrogen-bond acceptors (Lipinski definition) is 4. The van der Waals surface area contributed by atoms with Crippen LogP contribution in [0, 0.1) is 4.77 Å². The van der Waals surface area contributed by atoms with E-state index in [9.17, 15) is 0 Å². The van der Waals surface area contributed by atoms with E-state index in [0.29, 0.717) is 21.2 Å². The third-order valence-corrected chi connectivity index (χ3v) is 3.91. The largest absolute Gasteiger partial charge is 0.497 e. The van der Waals surface area contributed by atoms with E-state index in [-0.39, 0.29) is 0 Å². The van der Waals surface area contributed by atoms with Crippen LogP contribution in [0.4, 0.5) is 5.69 Å². The second kappa shape index (κ2) is 6.40.